The number of halogens is 3. The summed E-state index contributed by atoms with van der Waals surface area (Å²) in [6, 6.07) is -0.233. The lowest BCUT2D eigenvalue weighted by Crippen LogP contribution is -2.50. The van der Waals surface area contributed by atoms with Gasteiger partial charge in [-0.1, -0.05) is 0 Å². The van der Waals surface area contributed by atoms with Crippen molar-refractivity contribution in [3.8, 4) is 11.3 Å². The Bertz CT molecular complexity index is 1260. The molecule has 3 aromatic rings. The van der Waals surface area contributed by atoms with Crippen molar-refractivity contribution < 1.29 is 18.0 Å². The molecule has 5 heterocycles. The van der Waals surface area contributed by atoms with Crippen molar-refractivity contribution in [3.63, 3.8) is 0 Å². The average molecular weight is 534 g/mol. The van der Waals surface area contributed by atoms with Crippen molar-refractivity contribution in [2.45, 2.75) is 70.3 Å². The van der Waals surface area contributed by atoms with Crippen molar-refractivity contribution in [1.29, 1.82) is 0 Å². The number of nitrogens with one attached hydrogen (secondary N) is 3. The first-order valence-electron chi connectivity index (χ1n) is 12.4. The molecule has 1 saturated heterocycles. The number of amides is 1. The summed E-state index contributed by atoms with van der Waals surface area (Å²) >= 11 is 1.47. The molecule has 3 N–H and O–H groups in total. The highest BCUT2D eigenvalue weighted by molar-refractivity contribution is 7.09. The van der Waals surface area contributed by atoms with Gasteiger partial charge in [-0.25, -0.2) is 15.0 Å². The largest absolute Gasteiger partial charge is 0.419 e. The standard InChI is InChI=1S/C25H30F3N7OS/c1-14(21-29-8-10-37-21)35-9-4-5-16-17(12-30-20(16)22(35)36)19-18(25(26,27)28)13-31-23(34-19)33-15-6-7-24(2,3)32-11-15/h8,10,12-15,30,32H,4-7,9,11H2,1-3H3,(H,31,33,34). The number of hydrogen-bond acceptors (Lipinski definition) is 7. The van der Waals surface area contributed by atoms with Crippen LogP contribution in [0.25, 0.3) is 11.3 Å². The summed E-state index contributed by atoms with van der Waals surface area (Å²) < 4.78 is 42.1. The minimum absolute atomic E-state index is 0.00318. The zero-order valence-electron chi connectivity index (χ0n) is 20.9. The summed E-state index contributed by atoms with van der Waals surface area (Å²) in [5, 5.41) is 9.30. The van der Waals surface area contributed by atoms with E-state index < -0.39 is 11.7 Å². The van der Waals surface area contributed by atoms with E-state index in [4.69, 9.17) is 0 Å². The highest BCUT2D eigenvalue weighted by atomic mass is 32.1. The summed E-state index contributed by atoms with van der Waals surface area (Å²) in [5.74, 6) is -0.110. The molecule has 1 fully saturated rings. The highest BCUT2D eigenvalue weighted by Crippen LogP contribution is 2.39. The van der Waals surface area contributed by atoms with Crippen LogP contribution >= 0.6 is 11.3 Å². The van der Waals surface area contributed by atoms with Crippen LogP contribution in [0.5, 0.6) is 0 Å². The number of aromatic nitrogens is 4. The van der Waals surface area contributed by atoms with E-state index in [1.165, 1.54) is 17.5 Å². The molecule has 2 atom stereocenters. The Hall–Kier alpha value is -2.99. The fourth-order valence-electron chi connectivity index (χ4n) is 5.02. The van der Waals surface area contributed by atoms with E-state index in [2.05, 4.69) is 44.4 Å². The van der Waals surface area contributed by atoms with Crippen LogP contribution in [0.2, 0.25) is 0 Å². The van der Waals surface area contributed by atoms with Gasteiger partial charge in [-0.15, -0.1) is 11.3 Å². The molecule has 198 valence electrons. The number of nitrogens with zero attached hydrogens (tertiary/aromatic N) is 4. The third kappa shape index (κ3) is 5.22. The van der Waals surface area contributed by atoms with E-state index in [0.29, 0.717) is 37.2 Å². The number of alkyl halides is 3. The average Bonchev–Trinajstić information content (AvgIpc) is 3.49. The zero-order chi connectivity index (χ0) is 26.4. The number of H-pyrrole nitrogens is 1. The number of carbonyl (C=O) groups excluding carboxylic acids is 1. The van der Waals surface area contributed by atoms with Gasteiger partial charge in [-0.05, 0) is 52.0 Å². The first-order chi connectivity index (χ1) is 17.5. The van der Waals surface area contributed by atoms with Gasteiger partial charge >= 0.3 is 6.18 Å². The van der Waals surface area contributed by atoms with Crippen LogP contribution in [0.1, 0.15) is 72.7 Å². The number of anilines is 1. The maximum absolute atomic E-state index is 14.0. The van der Waals surface area contributed by atoms with Crippen molar-refractivity contribution in [2.75, 3.05) is 18.4 Å². The van der Waals surface area contributed by atoms with Crippen LogP contribution in [-0.2, 0) is 12.6 Å². The Balaban J connectivity index is 1.48. The first kappa shape index (κ1) is 25.7. The van der Waals surface area contributed by atoms with E-state index in [1.807, 2.05) is 12.3 Å². The van der Waals surface area contributed by atoms with Crippen LogP contribution in [0.15, 0.2) is 24.0 Å². The van der Waals surface area contributed by atoms with E-state index >= 15 is 0 Å². The van der Waals surface area contributed by atoms with Gasteiger partial charge in [-0.2, -0.15) is 13.2 Å². The van der Waals surface area contributed by atoms with Gasteiger partial charge in [0, 0.05) is 54.2 Å². The van der Waals surface area contributed by atoms with Crippen LogP contribution < -0.4 is 10.6 Å². The van der Waals surface area contributed by atoms with Gasteiger partial charge in [0.15, 0.2) is 0 Å². The SMILES string of the molecule is CC(c1nccs1)N1CCCc2c(-c3nc(NC4CCC(C)(C)NC4)ncc3C(F)(F)F)c[nH]c2C1=O. The van der Waals surface area contributed by atoms with E-state index in [0.717, 1.165) is 24.0 Å². The third-order valence-corrected chi connectivity index (χ3v) is 8.14. The molecule has 0 radical (unpaired) electrons. The number of carbonyl (C=O) groups is 1. The molecule has 12 heteroatoms. The molecule has 0 aromatic carbocycles. The second-order valence-electron chi connectivity index (χ2n) is 10.3. The van der Waals surface area contributed by atoms with Crippen molar-refractivity contribution >= 4 is 23.2 Å². The molecule has 5 rings (SSSR count). The zero-order valence-corrected chi connectivity index (χ0v) is 21.8. The molecule has 0 saturated carbocycles. The summed E-state index contributed by atoms with van der Waals surface area (Å²) in [5.41, 5.74) is 0.0110. The lowest BCUT2D eigenvalue weighted by atomic mass is 9.91. The molecule has 0 spiro atoms. The Kier molecular flexibility index (Phi) is 6.73. The van der Waals surface area contributed by atoms with Gasteiger partial charge in [0.2, 0.25) is 5.95 Å². The molecular weight excluding hydrogens is 503 g/mol. The molecule has 0 aliphatic carbocycles. The Labute approximate surface area is 217 Å². The second kappa shape index (κ2) is 9.71. The molecule has 1 amide bonds. The minimum atomic E-state index is -4.64. The van der Waals surface area contributed by atoms with Crippen LogP contribution in [0.3, 0.4) is 0 Å². The minimum Gasteiger partial charge on any atom is -0.356 e. The molecule has 0 bridgehead atoms. The fourth-order valence-corrected chi connectivity index (χ4v) is 5.73. The molecule has 37 heavy (non-hydrogen) atoms. The quantitative estimate of drug-likeness (QED) is 0.425. The van der Waals surface area contributed by atoms with E-state index in [9.17, 15) is 18.0 Å². The lowest BCUT2D eigenvalue weighted by Gasteiger charge is -2.36. The third-order valence-electron chi connectivity index (χ3n) is 7.19. The number of fused-ring (bicyclic) bond motifs is 1. The second-order valence-corrected chi connectivity index (χ2v) is 11.2. The van der Waals surface area contributed by atoms with E-state index in [1.54, 1.807) is 11.1 Å². The van der Waals surface area contributed by atoms with Gasteiger partial charge in [0.1, 0.15) is 16.3 Å². The van der Waals surface area contributed by atoms with Crippen molar-refractivity contribution in [1.82, 2.24) is 30.2 Å². The number of hydrogen-bond donors (Lipinski definition) is 3. The smallest absolute Gasteiger partial charge is 0.356 e. The number of rotatable bonds is 5. The van der Waals surface area contributed by atoms with Crippen LogP contribution in [0.4, 0.5) is 19.1 Å². The topological polar surface area (TPSA) is 98.8 Å². The summed E-state index contributed by atoms with van der Waals surface area (Å²) in [4.78, 5) is 30.8. The molecule has 3 aromatic heterocycles. The number of thiazole rings is 1. The molecule has 2 aliphatic heterocycles. The summed E-state index contributed by atoms with van der Waals surface area (Å²) in [7, 11) is 0. The Morgan fingerprint density at radius 2 is 2.11 bits per heavy atom. The van der Waals surface area contributed by atoms with Gasteiger partial charge in [0.05, 0.1) is 11.7 Å². The van der Waals surface area contributed by atoms with Crippen LogP contribution in [0, 0.1) is 0 Å². The van der Waals surface area contributed by atoms with Crippen LogP contribution in [-0.4, -0.2) is 55.4 Å². The summed E-state index contributed by atoms with van der Waals surface area (Å²) in [6.07, 6.45) is 2.18. The fraction of sp³-hybridized carbons (Fsp3) is 0.520. The van der Waals surface area contributed by atoms with Crippen molar-refractivity contribution in [2.24, 2.45) is 0 Å². The molecule has 2 unspecified atom stereocenters. The molecular formula is C25H30F3N7OS. The predicted molar refractivity (Wildman–Crippen MR) is 135 cm³/mol. The van der Waals surface area contributed by atoms with E-state index in [-0.39, 0.29) is 40.7 Å². The van der Waals surface area contributed by atoms with Gasteiger partial charge in [-0.3, -0.25) is 4.79 Å². The molecule has 8 nitrogen and oxygen atoms in total. The summed E-state index contributed by atoms with van der Waals surface area (Å²) in [6.45, 7) is 7.29. The lowest BCUT2D eigenvalue weighted by molar-refractivity contribution is -0.137. The normalized spacial score (nSPS) is 20.9. The highest BCUT2D eigenvalue weighted by Gasteiger charge is 2.38. The maximum atomic E-state index is 14.0. The number of piperidine rings is 1. The molecule has 2 aliphatic rings. The Morgan fingerprint density at radius 1 is 1.30 bits per heavy atom. The van der Waals surface area contributed by atoms with Crippen molar-refractivity contribution in [3.05, 3.63) is 45.8 Å². The van der Waals surface area contributed by atoms with Gasteiger partial charge in [0.25, 0.3) is 5.91 Å². The first-order valence-corrected chi connectivity index (χ1v) is 13.3. The maximum Gasteiger partial charge on any atom is 0.419 e. The van der Waals surface area contributed by atoms with Gasteiger partial charge < -0.3 is 20.5 Å². The monoisotopic (exact) mass is 533 g/mol. The predicted octanol–water partition coefficient (Wildman–Crippen LogP) is 5.04. The number of aromatic amines is 1. The Morgan fingerprint density at radius 3 is 2.78 bits per heavy atom.